The number of nitrogens with zero attached hydrogens (tertiary/aromatic N) is 3. The van der Waals surface area contributed by atoms with E-state index < -0.39 is 0 Å². The van der Waals surface area contributed by atoms with Crippen LogP contribution in [-0.4, -0.2) is 27.0 Å². The number of carbonyl (C=O) groups excluding carboxylic acids is 1. The van der Waals surface area contributed by atoms with Crippen molar-refractivity contribution in [2.75, 3.05) is 12.3 Å². The monoisotopic (exact) mass is 437 g/mol. The molecule has 142 valence electrons. The van der Waals surface area contributed by atoms with Crippen molar-refractivity contribution < 1.29 is 4.79 Å². The molecule has 1 amide bonds. The Morgan fingerprint density at radius 2 is 1.79 bits per heavy atom. The first-order valence-corrected chi connectivity index (χ1v) is 10.00. The van der Waals surface area contributed by atoms with Gasteiger partial charge in [0.2, 0.25) is 0 Å². The summed E-state index contributed by atoms with van der Waals surface area (Å²) in [5.41, 5.74) is 10.2. The Hall–Kier alpha value is -2.93. The first kappa shape index (κ1) is 18.4. The van der Waals surface area contributed by atoms with Crippen molar-refractivity contribution in [3.05, 3.63) is 58.6 Å². The Morgan fingerprint density at radius 1 is 1.11 bits per heavy atom. The number of hydrogen-bond donors (Lipinski definition) is 2. The minimum atomic E-state index is -0.226. The molecule has 0 unspecified atom stereocenters. The van der Waals surface area contributed by atoms with E-state index in [4.69, 9.17) is 15.7 Å². The average Bonchev–Trinajstić information content (AvgIpc) is 2.98. The van der Waals surface area contributed by atoms with Crippen LogP contribution in [0.1, 0.15) is 30.1 Å². The van der Waals surface area contributed by atoms with Crippen LogP contribution in [0.3, 0.4) is 0 Å². The molecule has 0 aliphatic heterocycles. The van der Waals surface area contributed by atoms with E-state index in [1.807, 2.05) is 48.5 Å². The molecule has 3 N–H and O–H groups in total. The predicted molar refractivity (Wildman–Crippen MR) is 116 cm³/mol. The number of fused-ring (bicyclic) bond motifs is 2. The maximum absolute atomic E-state index is 12.9. The lowest BCUT2D eigenvalue weighted by Gasteiger charge is -2.08. The second-order valence-electron chi connectivity index (χ2n) is 6.57. The molecule has 2 aromatic heterocycles. The van der Waals surface area contributed by atoms with E-state index in [0.717, 1.165) is 34.0 Å². The van der Waals surface area contributed by atoms with Crippen molar-refractivity contribution in [2.24, 2.45) is 0 Å². The van der Waals surface area contributed by atoms with Gasteiger partial charge < -0.3 is 11.1 Å². The Balaban J connectivity index is 1.97. The van der Waals surface area contributed by atoms with Gasteiger partial charge in [0.15, 0.2) is 5.65 Å². The van der Waals surface area contributed by atoms with Crippen molar-refractivity contribution in [1.29, 1.82) is 0 Å². The number of nitrogens with one attached hydrogen (secondary N) is 1. The Labute approximate surface area is 170 Å². The van der Waals surface area contributed by atoms with Crippen LogP contribution in [0.15, 0.2) is 53.0 Å². The van der Waals surface area contributed by atoms with Gasteiger partial charge in [0, 0.05) is 16.7 Å². The molecular formula is C21H20BrN5O. The fourth-order valence-electron chi connectivity index (χ4n) is 3.20. The smallest absolute Gasteiger partial charge is 0.257 e. The number of unbranched alkanes of at least 4 members (excludes halogenated alkanes) is 1. The lowest BCUT2D eigenvalue weighted by Crippen LogP contribution is -2.25. The van der Waals surface area contributed by atoms with E-state index >= 15 is 0 Å². The van der Waals surface area contributed by atoms with Gasteiger partial charge in [0.05, 0.1) is 11.0 Å². The van der Waals surface area contributed by atoms with Crippen LogP contribution < -0.4 is 11.1 Å². The molecule has 0 saturated heterocycles. The van der Waals surface area contributed by atoms with Gasteiger partial charge in [-0.25, -0.2) is 9.97 Å². The summed E-state index contributed by atoms with van der Waals surface area (Å²) in [6.07, 6.45) is 1.91. The van der Waals surface area contributed by atoms with Gasteiger partial charge in [-0.2, -0.15) is 0 Å². The number of rotatable bonds is 5. The number of nitrogen functional groups attached to an aromatic ring is 1. The molecule has 0 saturated carbocycles. The number of anilines is 1. The zero-order chi connectivity index (χ0) is 19.7. The summed E-state index contributed by atoms with van der Waals surface area (Å²) < 4.78 is 2.75. The fraction of sp³-hybridized carbons (Fsp3) is 0.190. The Morgan fingerprint density at radius 3 is 2.46 bits per heavy atom. The molecule has 7 heteroatoms. The molecular weight excluding hydrogens is 418 g/mol. The minimum Gasteiger partial charge on any atom is -0.384 e. The van der Waals surface area contributed by atoms with Crippen LogP contribution in [0.2, 0.25) is 0 Å². The second kappa shape index (κ2) is 7.59. The van der Waals surface area contributed by atoms with E-state index in [-0.39, 0.29) is 5.91 Å². The van der Waals surface area contributed by atoms with E-state index in [9.17, 15) is 4.79 Å². The normalized spacial score (nSPS) is 11.2. The molecule has 0 fully saturated rings. The summed E-state index contributed by atoms with van der Waals surface area (Å²) in [6, 6.07) is 15.3. The molecule has 4 aromatic rings. The highest BCUT2D eigenvalue weighted by Crippen LogP contribution is 2.31. The molecule has 2 heterocycles. The van der Waals surface area contributed by atoms with Crippen LogP contribution in [0.5, 0.6) is 0 Å². The lowest BCUT2D eigenvalue weighted by molar-refractivity contribution is 0.0955. The zero-order valence-corrected chi connectivity index (χ0v) is 17.0. The standard InChI is InChI=1S/C21H20BrN5O/c1-2-3-12-24-21(28)17-18-20(26-16-7-5-4-6-15(16)25-18)27(19(17)23)14-10-8-13(22)9-11-14/h4-11H,2-3,12,23H2,1H3,(H,24,28). The topological polar surface area (TPSA) is 85.8 Å². The molecule has 4 rings (SSSR count). The number of nitrogens with two attached hydrogens (primary N) is 1. The summed E-state index contributed by atoms with van der Waals surface area (Å²) in [5.74, 6) is 0.109. The first-order chi connectivity index (χ1) is 13.6. The van der Waals surface area contributed by atoms with Gasteiger partial charge in [-0.1, -0.05) is 41.4 Å². The van der Waals surface area contributed by atoms with E-state index in [0.29, 0.717) is 29.1 Å². The number of hydrogen-bond acceptors (Lipinski definition) is 4. The van der Waals surface area contributed by atoms with E-state index in [1.54, 1.807) is 4.57 Å². The third kappa shape index (κ3) is 3.22. The Bertz CT molecular complexity index is 1170. The Kier molecular flexibility index (Phi) is 5.00. The summed E-state index contributed by atoms with van der Waals surface area (Å²) in [6.45, 7) is 2.68. The zero-order valence-electron chi connectivity index (χ0n) is 15.4. The van der Waals surface area contributed by atoms with Crippen LogP contribution in [0, 0.1) is 0 Å². The molecule has 2 aromatic carbocycles. The number of benzene rings is 2. The highest BCUT2D eigenvalue weighted by molar-refractivity contribution is 9.10. The second-order valence-corrected chi connectivity index (χ2v) is 7.48. The number of para-hydroxylation sites is 2. The molecule has 0 radical (unpaired) electrons. The summed E-state index contributed by atoms with van der Waals surface area (Å²) in [7, 11) is 0. The van der Waals surface area contributed by atoms with Crippen LogP contribution in [0.4, 0.5) is 5.82 Å². The predicted octanol–water partition coefficient (Wildman–Crippen LogP) is 4.45. The maximum Gasteiger partial charge on any atom is 0.257 e. The molecule has 0 spiro atoms. The van der Waals surface area contributed by atoms with Crippen molar-refractivity contribution in [1.82, 2.24) is 19.9 Å². The van der Waals surface area contributed by atoms with Gasteiger partial charge in [-0.15, -0.1) is 0 Å². The molecule has 0 aliphatic carbocycles. The minimum absolute atomic E-state index is 0.226. The highest BCUT2D eigenvalue weighted by atomic mass is 79.9. The largest absolute Gasteiger partial charge is 0.384 e. The van der Waals surface area contributed by atoms with Crippen LogP contribution in [-0.2, 0) is 0 Å². The van der Waals surface area contributed by atoms with E-state index in [2.05, 4.69) is 28.2 Å². The third-order valence-corrected chi connectivity index (χ3v) is 5.15. The van der Waals surface area contributed by atoms with Gasteiger partial charge in [0.1, 0.15) is 16.9 Å². The number of amides is 1. The summed E-state index contributed by atoms with van der Waals surface area (Å²) >= 11 is 3.45. The first-order valence-electron chi connectivity index (χ1n) is 9.21. The molecule has 6 nitrogen and oxygen atoms in total. The van der Waals surface area contributed by atoms with Crippen molar-refractivity contribution >= 4 is 49.9 Å². The van der Waals surface area contributed by atoms with Crippen molar-refractivity contribution in [3.8, 4) is 5.69 Å². The summed E-state index contributed by atoms with van der Waals surface area (Å²) in [4.78, 5) is 22.4. The molecule has 28 heavy (non-hydrogen) atoms. The maximum atomic E-state index is 12.9. The van der Waals surface area contributed by atoms with Crippen LogP contribution in [0.25, 0.3) is 27.9 Å². The number of aromatic nitrogens is 3. The summed E-state index contributed by atoms with van der Waals surface area (Å²) in [5, 5.41) is 2.95. The number of halogens is 1. The van der Waals surface area contributed by atoms with Gasteiger partial charge >= 0.3 is 0 Å². The lowest BCUT2D eigenvalue weighted by atomic mass is 10.2. The molecule has 0 atom stereocenters. The van der Waals surface area contributed by atoms with Crippen molar-refractivity contribution in [3.63, 3.8) is 0 Å². The SMILES string of the molecule is CCCCNC(=O)c1c(N)n(-c2ccc(Br)cc2)c2nc3ccccc3nc12. The fourth-order valence-corrected chi connectivity index (χ4v) is 3.47. The van der Waals surface area contributed by atoms with Crippen LogP contribution >= 0.6 is 15.9 Å². The quantitative estimate of drug-likeness (QED) is 0.451. The molecule has 0 aliphatic rings. The highest BCUT2D eigenvalue weighted by Gasteiger charge is 2.24. The van der Waals surface area contributed by atoms with E-state index in [1.165, 1.54) is 0 Å². The van der Waals surface area contributed by atoms with Crippen molar-refractivity contribution in [2.45, 2.75) is 19.8 Å². The molecule has 0 bridgehead atoms. The number of carbonyl (C=O) groups is 1. The van der Waals surface area contributed by atoms with Gasteiger partial charge in [-0.05, 0) is 42.8 Å². The average molecular weight is 438 g/mol. The third-order valence-electron chi connectivity index (χ3n) is 4.63. The van der Waals surface area contributed by atoms with Gasteiger partial charge in [-0.3, -0.25) is 9.36 Å². The van der Waals surface area contributed by atoms with Gasteiger partial charge in [0.25, 0.3) is 5.91 Å².